The molecule has 7 rings (SSSR count). The molecule has 1 saturated heterocycles. The van der Waals surface area contributed by atoms with Crippen molar-refractivity contribution in [1.29, 1.82) is 5.26 Å². The minimum atomic E-state index is -0.529. The van der Waals surface area contributed by atoms with Gasteiger partial charge >= 0.3 is 0 Å². The van der Waals surface area contributed by atoms with Crippen molar-refractivity contribution < 1.29 is 4.39 Å². The molecule has 44 heavy (non-hydrogen) atoms. The molecule has 3 heterocycles. The van der Waals surface area contributed by atoms with Crippen LogP contribution >= 0.6 is 23.2 Å². The second kappa shape index (κ2) is 11.4. The van der Waals surface area contributed by atoms with Crippen LogP contribution in [0.25, 0.3) is 10.9 Å². The number of halogens is 3. The van der Waals surface area contributed by atoms with Gasteiger partial charge in [0.2, 0.25) is 0 Å². The second-order valence-corrected chi connectivity index (χ2v) is 12.6. The number of nitrogens with one attached hydrogen (secondary N) is 2. The van der Waals surface area contributed by atoms with Gasteiger partial charge in [-0.25, -0.2) is 9.07 Å². The van der Waals surface area contributed by atoms with Gasteiger partial charge < -0.3 is 15.5 Å². The molecule has 3 aromatic carbocycles. The highest BCUT2D eigenvalue weighted by Gasteiger charge is 2.52. The molecule has 1 saturated carbocycles. The number of rotatable bonds is 8. The van der Waals surface area contributed by atoms with Crippen LogP contribution in [-0.2, 0) is 0 Å². The number of aromatic nitrogens is 4. The molecule has 1 spiro atoms. The molecule has 2 aliphatic rings. The normalized spacial score (nSPS) is 16.7. The molecule has 1 aliphatic heterocycles. The number of hydrogen-bond donors (Lipinski definition) is 2. The molecular weight excluding hydrogens is 598 g/mol. The number of pyridine rings is 1. The van der Waals surface area contributed by atoms with Crippen molar-refractivity contribution in [2.45, 2.75) is 31.8 Å². The summed E-state index contributed by atoms with van der Waals surface area (Å²) in [4.78, 5) is 7.14. The van der Waals surface area contributed by atoms with Crippen LogP contribution < -0.4 is 10.6 Å². The van der Waals surface area contributed by atoms with Gasteiger partial charge in [0.15, 0.2) is 0 Å². The van der Waals surface area contributed by atoms with Crippen molar-refractivity contribution in [1.82, 2.24) is 24.9 Å². The SMILES string of the molecule is CCN1CC2(CC(n3cc([C@@H](Nc4cc(Cl)cc5c(Nc6ccc(F)c(Cl)c6)c(C#N)cnc45)c4ccccc4)nn3)C2)C1. The molecule has 2 aromatic heterocycles. The van der Waals surface area contributed by atoms with Crippen LogP contribution in [0.3, 0.4) is 0 Å². The van der Waals surface area contributed by atoms with Crippen LogP contribution in [0.1, 0.15) is 48.7 Å². The van der Waals surface area contributed by atoms with Crippen molar-refractivity contribution in [2.24, 2.45) is 5.41 Å². The summed E-state index contributed by atoms with van der Waals surface area (Å²) in [6.07, 6.45) is 5.79. The Kier molecular flexibility index (Phi) is 7.37. The molecule has 2 N–H and O–H groups in total. The van der Waals surface area contributed by atoms with E-state index in [1.807, 2.05) is 47.3 Å². The Labute approximate surface area is 264 Å². The average Bonchev–Trinajstić information content (AvgIpc) is 3.46. The summed E-state index contributed by atoms with van der Waals surface area (Å²) in [6.45, 7) is 5.66. The van der Waals surface area contributed by atoms with E-state index >= 15 is 0 Å². The molecule has 0 bridgehead atoms. The molecule has 0 radical (unpaired) electrons. The van der Waals surface area contributed by atoms with E-state index in [1.54, 1.807) is 12.1 Å². The first-order chi connectivity index (χ1) is 21.3. The van der Waals surface area contributed by atoms with Crippen LogP contribution in [0, 0.1) is 22.6 Å². The summed E-state index contributed by atoms with van der Waals surface area (Å²) in [7, 11) is 0. The molecular formula is C33H29Cl2FN8. The number of anilines is 3. The van der Waals surface area contributed by atoms with Gasteiger partial charge in [0.1, 0.15) is 17.6 Å². The Morgan fingerprint density at radius 2 is 1.91 bits per heavy atom. The summed E-state index contributed by atoms with van der Waals surface area (Å²) in [5.74, 6) is -0.529. The van der Waals surface area contributed by atoms with Gasteiger partial charge in [-0.05, 0) is 60.7 Å². The number of nitriles is 1. The summed E-state index contributed by atoms with van der Waals surface area (Å²) >= 11 is 12.7. The first kappa shape index (κ1) is 28.5. The van der Waals surface area contributed by atoms with Gasteiger partial charge in [0.25, 0.3) is 0 Å². The van der Waals surface area contributed by atoms with E-state index in [9.17, 15) is 9.65 Å². The van der Waals surface area contributed by atoms with E-state index in [2.05, 4.69) is 43.8 Å². The third-order valence-corrected chi connectivity index (χ3v) is 9.29. The smallest absolute Gasteiger partial charge is 0.141 e. The van der Waals surface area contributed by atoms with Crippen LogP contribution in [0.4, 0.5) is 21.5 Å². The van der Waals surface area contributed by atoms with Gasteiger partial charge in [0.05, 0.1) is 45.8 Å². The molecule has 1 aliphatic carbocycles. The van der Waals surface area contributed by atoms with Crippen LogP contribution in [0.5, 0.6) is 0 Å². The highest BCUT2D eigenvalue weighted by molar-refractivity contribution is 6.32. The Hall–Kier alpha value is -4.23. The predicted molar refractivity (Wildman–Crippen MR) is 171 cm³/mol. The summed E-state index contributed by atoms with van der Waals surface area (Å²) in [5, 5.41) is 27.0. The minimum absolute atomic E-state index is 0.0290. The van der Waals surface area contributed by atoms with E-state index in [-0.39, 0.29) is 11.1 Å². The molecule has 8 nitrogen and oxygen atoms in total. The van der Waals surface area contributed by atoms with Crippen molar-refractivity contribution in [3.63, 3.8) is 0 Å². The van der Waals surface area contributed by atoms with Gasteiger partial charge in [-0.2, -0.15) is 5.26 Å². The first-order valence-corrected chi connectivity index (χ1v) is 15.3. The number of fused-ring (bicyclic) bond motifs is 1. The topological polar surface area (TPSA) is 94.7 Å². The highest BCUT2D eigenvalue weighted by Crippen LogP contribution is 2.53. The number of benzene rings is 3. The Balaban J connectivity index is 1.23. The van der Waals surface area contributed by atoms with Gasteiger partial charge in [0, 0.05) is 35.4 Å². The average molecular weight is 628 g/mol. The molecule has 0 amide bonds. The van der Waals surface area contributed by atoms with Gasteiger partial charge in [-0.1, -0.05) is 65.7 Å². The lowest BCUT2D eigenvalue weighted by Gasteiger charge is -2.58. The van der Waals surface area contributed by atoms with Crippen molar-refractivity contribution in [2.75, 3.05) is 30.3 Å². The maximum absolute atomic E-state index is 13.8. The zero-order valence-corrected chi connectivity index (χ0v) is 25.4. The Morgan fingerprint density at radius 1 is 1.11 bits per heavy atom. The molecule has 5 aromatic rings. The number of likely N-dealkylation sites (tertiary alicyclic amines) is 1. The maximum Gasteiger partial charge on any atom is 0.141 e. The predicted octanol–water partition coefficient (Wildman–Crippen LogP) is 7.75. The lowest BCUT2D eigenvalue weighted by molar-refractivity contribution is -0.0891. The van der Waals surface area contributed by atoms with Crippen molar-refractivity contribution in [3.8, 4) is 6.07 Å². The van der Waals surface area contributed by atoms with E-state index < -0.39 is 5.82 Å². The maximum atomic E-state index is 13.8. The van der Waals surface area contributed by atoms with Crippen molar-refractivity contribution in [3.05, 3.63) is 106 Å². The molecule has 2 fully saturated rings. The summed E-state index contributed by atoms with van der Waals surface area (Å²) in [6, 6.07) is 20.1. The fourth-order valence-electron chi connectivity index (χ4n) is 6.56. The largest absolute Gasteiger partial charge is 0.371 e. The third kappa shape index (κ3) is 5.23. The number of nitrogens with zero attached hydrogens (tertiary/aromatic N) is 6. The monoisotopic (exact) mass is 626 g/mol. The fraction of sp³-hybridized carbons (Fsp3) is 0.273. The van der Waals surface area contributed by atoms with E-state index in [0.29, 0.717) is 50.0 Å². The highest BCUT2D eigenvalue weighted by atomic mass is 35.5. The van der Waals surface area contributed by atoms with Gasteiger partial charge in [-0.15, -0.1) is 5.10 Å². The number of hydrogen-bond acceptors (Lipinski definition) is 7. The fourth-order valence-corrected chi connectivity index (χ4v) is 6.96. The van der Waals surface area contributed by atoms with Crippen LogP contribution in [0.15, 0.2) is 73.1 Å². The van der Waals surface area contributed by atoms with Crippen molar-refractivity contribution >= 4 is 51.2 Å². The Bertz CT molecular complexity index is 1890. The zero-order chi connectivity index (χ0) is 30.4. The first-order valence-electron chi connectivity index (χ1n) is 14.5. The lowest BCUT2D eigenvalue weighted by Crippen LogP contribution is -2.62. The van der Waals surface area contributed by atoms with Gasteiger partial charge in [-0.3, -0.25) is 4.98 Å². The van der Waals surface area contributed by atoms with Crippen LogP contribution in [0.2, 0.25) is 10.0 Å². The zero-order valence-electron chi connectivity index (χ0n) is 23.9. The van der Waals surface area contributed by atoms with E-state index in [0.717, 1.165) is 30.6 Å². The molecule has 11 heteroatoms. The Morgan fingerprint density at radius 3 is 2.64 bits per heavy atom. The van der Waals surface area contributed by atoms with Crippen LogP contribution in [-0.4, -0.2) is 44.5 Å². The molecule has 1 atom stereocenters. The third-order valence-electron chi connectivity index (χ3n) is 8.78. The molecule has 222 valence electrons. The lowest BCUT2D eigenvalue weighted by atomic mass is 9.60. The second-order valence-electron chi connectivity index (χ2n) is 11.7. The summed E-state index contributed by atoms with van der Waals surface area (Å²) < 4.78 is 15.8. The minimum Gasteiger partial charge on any atom is -0.371 e. The van der Waals surface area contributed by atoms with E-state index in [1.165, 1.54) is 31.4 Å². The standard InChI is InChI=1S/C33H29Cl2FN8/c1-2-43-18-33(19-43)13-24(14-33)44-17-29(41-42-44)31(20-6-4-3-5-7-20)40-28-11-22(34)10-25-30(21(15-37)16-38-32(25)28)39-23-8-9-27(36)26(35)12-23/h3-12,16-17,24,31,40H,2,13-14,18-19H2,1H3,(H,38,39)/t31-/m0/s1. The van der Waals surface area contributed by atoms with E-state index in [4.69, 9.17) is 23.2 Å². The molecule has 0 unspecified atom stereocenters. The summed E-state index contributed by atoms with van der Waals surface area (Å²) in [5.41, 5.74) is 4.80. The quantitative estimate of drug-likeness (QED) is 0.182.